The third-order valence-electron chi connectivity index (χ3n) is 3.10. The quantitative estimate of drug-likeness (QED) is 0.881. The first-order valence-corrected chi connectivity index (χ1v) is 6.49. The Bertz CT molecular complexity index is 784. The van der Waals surface area contributed by atoms with Gasteiger partial charge in [0.1, 0.15) is 17.1 Å². The van der Waals surface area contributed by atoms with E-state index in [0.29, 0.717) is 11.6 Å². The molecular weight excluding hydrogens is 316 g/mol. The number of hydrogen-bond acceptors (Lipinski definition) is 2. The van der Waals surface area contributed by atoms with Crippen LogP contribution in [0.25, 0.3) is 0 Å². The third-order valence-corrected chi connectivity index (χ3v) is 3.10. The van der Waals surface area contributed by atoms with Crippen LogP contribution in [-0.4, -0.2) is 22.8 Å². The number of carbonyl (C=O) groups excluding carboxylic acids is 1. The first kappa shape index (κ1) is 16.7. The minimum Gasteiger partial charge on any atom is -0.337 e. The van der Waals surface area contributed by atoms with E-state index in [1.807, 2.05) is 0 Å². The molecule has 23 heavy (non-hydrogen) atoms. The van der Waals surface area contributed by atoms with Gasteiger partial charge in [0.15, 0.2) is 0 Å². The molecule has 0 radical (unpaired) electrons. The second-order valence-electron chi connectivity index (χ2n) is 4.90. The molecule has 0 aliphatic heterocycles. The van der Waals surface area contributed by atoms with Crippen molar-refractivity contribution in [2.45, 2.75) is 12.7 Å². The van der Waals surface area contributed by atoms with E-state index in [-0.39, 0.29) is 6.54 Å². The molecule has 1 aromatic carbocycles. The molecule has 1 N–H and O–H groups in total. The van der Waals surface area contributed by atoms with Crippen LogP contribution in [-0.2, 0) is 12.7 Å². The summed E-state index contributed by atoms with van der Waals surface area (Å²) >= 11 is 0. The number of aromatic amines is 1. The smallest absolute Gasteiger partial charge is 0.337 e. The Kier molecular flexibility index (Phi) is 4.53. The lowest BCUT2D eigenvalue weighted by atomic mass is 10.2. The summed E-state index contributed by atoms with van der Waals surface area (Å²) in [4.78, 5) is 26.6. The lowest BCUT2D eigenvalue weighted by Crippen LogP contribution is -2.32. The molecular formula is C15H12F4N2O2. The summed E-state index contributed by atoms with van der Waals surface area (Å²) in [6.45, 7) is 0.0110. The second-order valence-corrected chi connectivity index (χ2v) is 4.90. The Hall–Kier alpha value is -2.64. The molecule has 0 spiro atoms. The topological polar surface area (TPSA) is 53.2 Å². The third kappa shape index (κ3) is 3.97. The van der Waals surface area contributed by atoms with Crippen LogP contribution in [0, 0.1) is 5.82 Å². The minimum atomic E-state index is -4.70. The van der Waals surface area contributed by atoms with Crippen molar-refractivity contribution >= 4 is 5.91 Å². The lowest BCUT2D eigenvalue weighted by Gasteiger charge is -2.17. The van der Waals surface area contributed by atoms with E-state index < -0.39 is 34.7 Å². The second kappa shape index (κ2) is 6.23. The van der Waals surface area contributed by atoms with Gasteiger partial charge in [-0.25, -0.2) is 4.39 Å². The number of pyridine rings is 1. The Morgan fingerprint density at radius 3 is 2.48 bits per heavy atom. The SMILES string of the molecule is CN(Cc1cccc(F)c1)C(=O)c1ccc(C(F)(F)F)[nH]c1=O. The number of hydrogen-bond donors (Lipinski definition) is 1. The highest BCUT2D eigenvalue weighted by molar-refractivity contribution is 5.93. The molecule has 0 fully saturated rings. The van der Waals surface area contributed by atoms with Crippen molar-refractivity contribution in [3.05, 3.63) is 69.4 Å². The monoisotopic (exact) mass is 328 g/mol. The zero-order valence-corrected chi connectivity index (χ0v) is 11.9. The maximum absolute atomic E-state index is 13.1. The number of nitrogens with one attached hydrogen (secondary N) is 1. The van der Waals surface area contributed by atoms with E-state index in [9.17, 15) is 27.2 Å². The molecule has 1 aromatic heterocycles. The highest BCUT2D eigenvalue weighted by Gasteiger charge is 2.32. The zero-order valence-electron chi connectivity index (χ0n) is 11.9. The van der Waals surface area contributed by atoms with E-state index >= 15 is 0 Å². The molecule has 0 saturated heterocycles. The molecule has 0 atom stereocenters. The number of benzene rings is 1. The summed E-state index contributed by atoms with van der Waals surface area (Å²) in [6.07, 6.45) is -4.70. The van der Waals surface area contributed by atoms with Crippen LogP contribution in [0.2, 0.25) is 0 Å². The molecule has 1 heterocycles. The Labute approximate surface area is 128 Å². The van der Waals surface area contributed by atoms with Crippen molar-refractivity contribution < 1.29 is 22.4 Å². The fourth-order valence-electron chi connectivity index (χ4n) is 1.99. The summed E-state index contributed by atoms with van der Waals surface area (Å²) in [6, 6.07) is 6.97. The van der Waals surface area contributed by atoms with E-state index in [1.54, 1.807) is 11.1 Å². The van der Waals surface area contributed by atoms with Gasteiger partial charge in [0.2, 0.25) is 0 Å². The summed E-state index contributed by atoms with van der Waals surface area (Å²) in [5.41, 5.74) is -2.29. The van der Waals surface area contributed by atoms with Gasteiger partial charge >= 0.3 is 6.18 Å². The number of nitrogens with zero attached hydrogens (tertiary/aromatic N) is 1. The molecule has 122 valence electrons. The first-order valence-electron chi connectivity index (χ1n) is 6.49. The highest BCUT2D eigenvalue weighted by atomic mass is 19.4. The van der Waals surface area contributed by atoms with Crippen molar-refractivity contribution in [1.82, 2.24) is 9.88 Å². The minimum absolute atomic E-state index is 0.0110. The number of alkyl halides is 3. The predicted octanol–water partition coefficient (Wildman–Crippen LogP) is 2.81. The van der Waals surface area contributed by atoms with Crippen LogP contribution >= 0.6 is 0 Å². The Morgan fingerprint density at radius 2 is 1.91 bits per heavy atom. The van der Waals surface area contributed by atoms with E-state index in [4.69, 9.17) is 0 Å². The van der Waals surface area contributed by atoms with Crippen LogP contribution in [0.5, 0.6) is 0 Å². The maximum Gasteiger partial charge on any atom is 0.431 e. The van der Waals surface area contributed by atoms with Gasteiger partial charge in [-0.2, -0.15) is 13.2 Å². The number of H-pyrrole nitrogens is 1. The van der Waals surface area contributed by atoms with Crippen LogP contribution in [0.15, 0.2) is 41.2 Å². The van der Waals surface area contributed by atoms with Gasteiger partial charge < -0.3 is 9.88 Å². The Balaban J connectivity index is 2.21. The summed E-state index contributed by atoms with van der Waals surface area (Å²) < 4.78 is 50.5. The standard InChI is InChI=1S/C15H12F4N2O2/c1-21(8-9-3-2-4-10(16)7-9)14(23)11-5-6-12(15(17,18)19)20-13(11)22/h2-7H,8H2,1H3,(H,20,22). The number of carbonyl (C=O) groups is 1. The van der Waals surface area contributed by atoms with Gasteiger partial charge in [-0.05, 0) is 29.8 Å². The fraction of sp³-hybridized carbons (Fsp3) is 0.200. The molecule has 2 aromatic rings. The van der Waals surface area contributed by atoms with Crippen LogP contribution in [0.4, 0.5) is 17.6 Å². The van der Waals surface area contributed by atoms with E-state index in [1.165, 1.54) is 25.2 Å². The average Bonchev–Trinajstić information content (AvgIpc) is 2.45. The van der Waals surface area contributed by atoms with E-state index in [2.05, 4.69) is 0 Å². The molecule has 2 rings (SSSR count). The van der Waals surface area contributed by atoms with Crippen LogP contribution < -0.4 is 5.56 Å². The number of amides is 1. The average molecular weight is 328 g/mol. The number of halogens is 4. The largest absolute Gasteiger partial charge is 0.431 e. The lowest BCUT2D eigenvalue weighted by molar-refractivity contribution is -0.141. The molecule has 8 heteroatoms. The van der Waals surface area contributed by atoms with Gasteiger partial charge in [0, 0.05) is 13.6 Å². The van der Waals surface area contributed by atoms with Gasteiger partial charge in [-0.15, -0.1) is 0 Å². The van der Waals surface area contributed by atoms with Crippen LogP contribution in [0.1, 0.15) is 21.6 Å². The van der Waals surface area contributed by atoms with Gasteiger partial charge in [0.25, 0.3) is 11.5 Å². The van der Waals surface area contributed by atoms with Crippen molar-refractivity contribution in [3.63, 3.8) is 0 Å². The Morgan fingerprint density at radius 1 is 1.22 bits per heavy atom. The molecule has 0 aliphatic rings. The zero-order chi connectivity index (χ0) is 17.2. The fourth-order valence-corrected chi connectivity index (χ4v) is 1.99. The summed E-state index contributed by atoms with van der Waals surface area (Å²) in [7, 11) is 1.37. The number of rotatable bonds is 3. The maximum atomic E-state index is 13.1. The molecule has 0 bridgehead atoms. The predicted molar refractivity (Wildman–Crippen MR) is 74.3 cm³/mol. The van der Waals surface area contributed by atoms with Crippen molar-refractivity contribution in [2.75, 3.05) is 7.05 Å². The van der Waals surface area contributed by atoms with Crippen molar-refractivity contribution in [1.29, 1.82) is 0 Å². The molecule has 0 saturated carbocycles. The van der Waals surface area contributed by atoms with Crippen molar-refractivity contribution in [2.24, 2.45) is 0 Å². The summed E-state index contributed by atoms with van der Waals surface area (Å²) in [5.74, 6) is -1.24. The molecule has 1 amide bonds. The first-order chi connectivity index (χ1) is 10.7. The summed E-state index contributed by atoms with van der Waals surface area (Å²) in [5, 5.41) is 0. The van der Waals surface area contributed by atoms with Crippen molar-refractivity contribution in [3.8, 4) is 0 Å². The van der Waals surface area contributed by atoms with Crippen LogP contribution in [0.3, 0.4) is 0 Å². The normalized spacial score (nSPS) is 11.3. The molecule has 0 unspecified atom stereocenters. The van der Waals surface area contributed by atoms with E-state index in [0.717, 1.165) is 11.0 Å². The highest BCUT2D eigenvalue weighted by Crippen LogP contribution is 2.26. The number of aromatic nitrogens is 1. The van der Waals surface area contributed by atoms with Gasteiger partial charge in [-0.3, -0.25) is 9.59 Å². The van der Waals surface area contributed by atoms with Gasteiger partial charge in [0.05, 0.1) is 0 Å². The molecule has 0 aliphatic carbocycles. The van der Waals surface area contributed by atoms with Gasteiger partial charge in [-0.1, -0.05) is 12.1 Å². The molecule has 4 nitrogen and oxygen atoms in total.